The number of aliphatic hydroxyl groups is 1. The van der Waals surface area contributed by atoms with Crippen LogP contribution in [0.25, 0.3) is 0 Å². The monoisotopic (exact) mass is 288 g/mol. The molecule has 1 aromatic carbocycles. The quantitative estimate of drug-likeness (QED) is 0.926. The van der Waals surface area contributed by atoms with Gasteiger partial charge in [-0.15, -0.1) is 0 Å². The SMILES string of the molecule is Cc1ccc(C)c(C(O)CN2CCCN3CCCC3C2)c1. The lowest BCUT2D eigenvalue weighted by atomic mass is 10.0. The van der Waals surface area contributed by atoms with E-state index >= 15 is 0 Å². The number of hydrogen-bond donors (Lipinski definition) is 1. The Morgan fingerprint density at radius 3 is 2.86 bits per heavy atom. The molecule has 3 heteroatoms. The highest BCUT2D eigenvalue weighted by Gasteiger charge is 2.29. The summed E-state index contributed by atoms with van der Waals surface area (Å²) < 4.78 is 0. The molecule has 0 amide bonds. The normalized spacial score (nSPS) is 25.6. The Morgan fingerprint density at radius 2 is 2.00 bits per heavy atom. The van der Waals surface area contributed by atoms with Crippen molar-refractivity contribution < 1.29 is 5.11 Å². The summed E-state index contributed by atoms with van der Waals surface area (Å²) in [6, 6.07) is 7.10. The first kappa shape index (κ1) is 15.0. The fraction of sp³-hybridized carbons (Fsp3) is 0.667. The molecule has 2 fully saturated rings. The molecule has 2 aliphatic rings. The first-order valence-corrected chi connectivity index (χ1v) is 8.35. The maximum Gasteiger partial charge on any atom is 0.0919 e. The number of benzene rings is 1. The Labute approximate surface area is 128 Å². The number of hydrogen-bond acceptors (Lipinski definition) is 3. The molecule has 0 aromatic heterocycles. The molecule has 3 nitrogen and oxygen atoms in total. The van der Waals surface area contributed by atoms with Crippen LogP contribution in [0.15, 0.2) is 18.2 Å². The van der Waals surface area contributed by atoms with E-state index in [-0.39, 0.29) is 6.10 Å². The van der Waals surface area contributed by atoms with Gasteiger partial charge in [-0.25, -0.2) is 0 Å². The molecule has 2 heterocycles. The average molecular weight is 288 g/mol. The van der Waals surface area contributed by atoms with Gasteiger partial charge in [-0.2, -0.15) is 0 Å². The lowest BCUT2D eigenvalue weighted by Gasteiger charge is -2.28. The molecule has 3 rings (SSSR count). The van der Waals surface area contributed by atoms with Gasteiger partial charge in [0.1, 0.15) is 0 Å². The van der Waals surface area contributed by atoms with Crippen molar-refractivity contribution in [3.8, 4) is 0 Å². The molecule has 0 spiro atoms. The van der Waals surface area contributed by atoms with Gasteiger partial charge in [0, 0.05) is 19.1 Å². The molecule has 2 unspecified atom stereocenters. The van der Waals surface area contributed by atoms with Gasteiger partial charge in [0.25, 0.3) is 0 Å². The van der Waals surface area contributed by atoms with Crippen molar-refractivity contribution in [2.24, 2.45) is 0 Å². The summed E-state index contributed by atoms with van der Waals surface area (Å²) in [6.07, 6.45) is 3.54. The number of rotatable bonds is 3. The Bertz CT molecular complexity index is 488. The minimum Gasteiger partial charge on any atom is -0.387 e. The van der Waals surface area contributed by atoms with E-state index in [1.54, 1.807) is 0 Å². The Hall–Kier alpha value is -0.900. The molecule has 0 radical (unpaired) electrons. The van der Waals surface area contributed by atoms with Crippen molar-refractivity contribution >= 4 is 0 Å². The predicted molar refractivity (Wildman–Crippen MR) is 86.5 cm³/mol. The summed E-state index contributed by atoms with van der Waals surface area (Å²) in [5.74, 6) is 0. The van der Waals surface area contributed by atoms with Crippen molar-refractivity contribution in [2.75, 3.05) is 32.7 Å². The maximum atomic E-state index is 10.7. The second kappa shape index (κ2) is 6.47. The minimum absolute atomic E-state index is 0.363. The second-order valence-electron chi connectivity index (χ2n) is 6.82. The molecule has 2 aliphatic heterocycles. The highest BCUT2D eigenvalue weighted by molar-refractivity contribution is 5.32. The number of aliphatic hydroxyl groups excluding tert-OH is 1. The van der Waals surface area contributed by atoms with Crippen LogP contribution in [0.3, 0.4) is 0 Å². The van der Waals surface area contributed by atoms with Gasteiger partial charge < -0.3 is 5.11 Å². The third kappa shape index (κ3) is 3.47. The van der Waals surface area contributed by atoms with Crippen molar-refractivity contribution in [3.05, 3.63) is 34.9 Å². The standard InChI is InChI=1S/C18H28N2O/c1-14-6-7-15(2)17(11-14)18(21)13-19-8-4-10-20-9-3-5-16(20)12-19/h6-7,11,16,18,21H,3-5,8-10,12-13H2,1-2H3. The molecule has 2 saturated heterocycles. The molecular weight excluding hydrogens is 260 g/mol. The van der Waals surface area contributed by atoms with E-state index in [2.05, 4.69) is 41.8 Å². The molecule has 0 aliphatic carbocycles. The third-order valence-corrected chi connectivity index (χ3v) is 5.11. The summed E-state index contributed by atoms with van der Waals surface area (Å²) in [5.41, 5.74) is 3.53. The summed E-state index contributed by atoms with van der Waals surface area (Å²) >= 11 is 0. The van der Waals surface area contributed by atoms with Crippen molar-refractivity contribution in [3.63, 3.8) is 0 Å². The van der Waals surface area contributed by atoms with Crippen LogP contribution in [0.1, 0.15) is 42.1 Å². The first-order valence-electron chi connectivity index (χ1n) is 8.35. The minimum atomic E-state index is -0.363. The first-order chi connectivity index (χ1) is 10.1. The van der Waals surface area contributed by atoms with Crippen LogP contribution in [-0.4, -0.2) is 53.7 Å². The van der Waals surface area contributed by atoms with Gasteiger partial charge in [0.05, 0.1) is 6.10 Å². The van der Waals surface area contributed by atoms with Crippen molar-refractivity contribution in [1.82, 2.24) is 9.80 Å². The lowest BCUT2D eigenvalue weighted by molar-refractivity contribution is 0.107. The van der Waals surface area contributed by atoms with Gasteiger partial charge in [-0.1, -0.05) is 23.8 Å². The Morgan fingerprint density at radius 1 is 1.19 bits per heavy atom. The van der Waals surface area contributed by atoms with Crippen LogP contribution >= 0.6 is 0 Å². The average Bonchev–Trinajstić information content (AvgIpc) is 2.80. The highest BCUT2D eigenvalue weighted by Crippen LogP contribution is 2.24. The fourth-order valence-electron chi connectivity index (χ4n) is 3.91. The van der Waals surface area contributed by atoms with Crippen molar-refractivity contribution in [2.45, 2.75) is 45.3 Å². The maximum absolute atomic E-state index is 10.7. The molecule has 116 valence electrons. The molecule has 21 heavy (non-hydrogen) atoms. The predicted octanol–water partition coefficient (Wildman–Crippen LogP) is 2.51. The van der Waals surface area contributed by atoms with Crippen LogP contribution < -0.4 is 0 Å². The van der Waals surface area contributed by atoms with Gasteiger partial charge in [-0.3, -0.25) is 9.80 Å². The van der Waals surface area contributed by atoms with Crippen LogP contribution in [0, 0.1) is 13.8 Å². The summed E-state index contributed by atoms with van der Waals surface area (Å²) in [4.78, 5) is 5.12. The van der Waals surface area contributed by atoms with E-state index in [4.69, 9.17) is 0 Å². The Kier molecular flexibility index (Phi) is 4.63. The molecule has 2 atom stereocenters. The molecule has 1 aromatic rings. The molecule has 0 saturated carbocycles. The highest BCUT2D eigenvalue weighted by atomic mass is 16.3. The number of nitrogens with zero attached hydrogens (tertiary/aromatic N) is 2. The Balaban J connectivity index is 1.66. The third-order valence-electron chi connectivity index (χ3n) is 5.11. The van der Waals surface area contributed by atoms with Crippen molar-refractivity contribution in [1.29, 1.82) is 0 Å². The molecular formula is C18H28N2O. The number of aryl methyl sites for hydroxylation is 2. The van der Waals surface area contributed by atoms with Crippen LogP contribution in [-0.2, 0) is 0 Å². The number of fused-ring (bicyclic) bond motifs is 1. The van der Waals surface area contributed by atoms with Gasteiger partial charge in [0.2, 0.25) is 0 Å². The summed E-state index contributed by atoms with van der Waals surface area (Å²) in [5, 5.41) is 10.7. The van der Waals surface area contributed by atoms with E-state index < -0.39 is 0 Å². The van der Waals surface area contributed by atoms with Gasteiger partial charge in [-0.05, 0) is 63.9 Å². The zero-order valence-electron chi connectivity index (χ0n) is 13.4. The zero-order chi connectivity index (χ0) is 14.8. The largest absolute Gasteiger partial charge is 0.387 e. The van der Waals surface area contributed by atoms with E-state index in [0.29, 0.717) is 0 Å². The topological polar surface area (TPSA) is 26.7 Å². The summed E-state index contributed by atoms with van der Waals surface area (Å²) in [6.45, 7) is 9.72. The van der Waals surface area contributed by atoms with E-state index in [9.17, 15) is 5.11 Å². The lowest BCUT2D eigenvalue weighted by Crippen LogP contribution is -2.38. The number of β-amino-alcohol motifs (C(OH)–C–C–N with tert-alkyl or cyclic N) is 1. The second-order valence-corrected chi connectivity index (χ2v) is 6.82. The smallest absolute Gasteiger partial charge is 0.0919 e. The van der Waals surface area contributed by atoms with E-state index in [1.807, 2.05) is 0 Å². The van der Waals surface area contributed by atoms with Gasteiger partial charge >= 0.3 is 0 Å². The van der Waals surface area contributed by atoms with E-state index in [0.717, 1.165) is 31.2 Å². The van der Waals surface area contributed by atoms with E-state index in [1.165, 1.54) is 43.5 Å². The molecule has 1 N–H and O–H groups in total. The van der Waals surface area contributed by atoms with Gasteiger partial charge in [0.15, 0.2) is 0 Å². The zero-order valence-corrected chi connectivity index (χ0v) is 13.4. The molecule has 0 bridgehead atoms. The van der Waals surface area contributed by atoms with Crippen LogP contribution in [0.4, 0.5) is 0 Å². The van der Waals surface area contributed by atoms with Crippen LogP contribution in [0.5, 0.6) is 0 Å². The fourth-order valence-corrected chi connectivity index (χ4v) is 3.91. The van der Waals surface area contributed by atoms with Crippen LogP contribution in [0.2, 0.25) is 0 Å². The summed E-state index contributed by atoms with van der Waals surface area (Å²) in [7, 11) is 0.